The van der Waals surface area contributed by atoms with Crippen LogP contribution in [0.1, 0.15) is 74.6 Å². The van der Waals surface area contributed by atoms with Gasteiger partial charge in [0.2, 0.25) is 0 Å². The highest BCUT2D eigenvalue weighted by atomic mass is 16.5. The Labute approximate surface area is 145 Å². The first-order chi connectivity index (χ1) is 11.7. The highest BCUT2D eigenvalue weighted by Gasteiger charge is 2.42. The molecular weight excluding hydrogens is 304 g/mol. The van der Waals surface area contributed by atoms with Gasteiger partial charge >= 0.3 is 0 Å². The summed E-state index contributed by atoms with van der Waals surface area (Å²) in [5.74, 6) is 0.272. The van der Waals surface area contributed by atoms with Gasteiger partial charge in [-0.25, -0.2) is 0 Å². The van der Waals surface area contributed by atoms with Crippen LogP contribution in [0.25, 0.3) is 0 Å². The number of aliphatic hydroxyl groups excluding tert-OH is 1. The lowest BCUT2D eigenvalue weighted by Crippen LogP contribution is -2.38. The number of ether oxygens (including phenoxy) is 1. The van der Waals surface area contributed by atoms with Gasteiger partial charge in [-0.05, 0) is 43.9 Å². The maximum Gasteiger partial charge on any atom is 0.167 e. The van der Waals surface area contributed by atoms with Crippen molar-refractivity contribution in [1.29, 1.82) is 0 Å². The zero-order valence-corrected chi connectivity index (χ0v) is 15.4. The van der Waals surface area contributed by atoms with Crippen LogP contribution in [0.2, 0.25) is 0 Å². The highest BCUT2D eigenvalue weighted by Crippen LogP contribution is 2.43. The molecule has 0 bridgehead atoms. The van der Waals surface area contributed by atoms with Gasteiger partial charge in [-0.3, -0.25) is 9.48 Å². The number of aliphatic hydroxyl groups is 1. The van der Waals surface area contributed by atoms with Crippen molar-refractivity contribution >= 4 is 5.78 Å². The number of fused-ring (bicyclic) bond motifs is 1. The third-order valence-electron chi connectivity index (χ3n) is 5.15. The summed E-state index contributed by atoms with van der Waals surface area (Å²) in [6, 6.07) is 0. The van der Waals surface area contributed by atoms with Crippen molar-refractivity contribution in [1.82, 2.24) is 9.78 Å². The van der Waals surface area contributed by atoms with E-state index >= 15 is 0 Å². The summed E-state index contributed by atoms with van der Waals surface area (Å²) in [4.78, 5) is 12.7. The number of rotatable bonds is 5. The van der Waals surface area contributed by atoms with E-state index in [0.29, 0.717) is 6.42 Å². The quantitative estimate of drug-likeness (QED) is 0.839. The van der Waals surface area contributed by atoms with Crippen LogP contribution in [0.5, 0.6) is 0 Å². The van der Waals surface area contributed by atoms with Crippen molar-refractivity contribution in [3.05, 3.63) is 17.0 Å². The van der Waals surface area contributed by atoms with E-state index in [0.717, 1.165) is 75.2 Å². The van der Waals surface area contributed by atoms with E-state index in [1.807, 2.05) is 18.5 Å². The monoisotopic (exact) mass is 336 g/mol. The molecule has 0 aromatic carbocycles. The van der Waals surface area contributed by atoms with Gasteiger partial charge in [0.1, 0.15) is 0 Å². The molecule has 24 heavy (non-hydrogen) atoms. The number of Topliss-reactive ketones (excluding diaryl/α,β-unsaturated/α-hetero) is 1. The van der Waals surface area contributed by atoms with Gasteiger partial charge in [-0.2, -0.15) is 5.10 Å². The van der Waals surface area contributed by atoms with Gasteiger partial charge in [0.15, 0.2) is 5.78 Å². The van der Waals surface area contributed by atoms with Crippen LogP contribution in [0.15, 0.2) is 0 Å². The van der Waals surface area contributed by atoms with Crippen molar-refractivity contribution in [2.45, 2.75) is 72.3 Å². The molecule has 1 saturated heterocycles. The molecule has 0 radical (unpaired) electrons. The number of unbranched alkanes of at least 4 members (excludes halogenated alkanes) is 1. The fraction of sp³-hybridized carbons (Fsp3) is 0.789. The lowest BCUT2D eigenvalue weighted by atomic mass is 9.68. The van der Waals surface area contributed by atoms with E-state index in [1.165, 1.54) is 0 Å². The molecule has 1 aromatic heterocycles. The zero-order valence-electron chi connectivity index (χ0n) is 15.4. The van der Waals surface area contributed by atoms with Gasteiger partial charge in [-0.15, -0.1) is 0 Å². The van der Waals surface area contributed by atoms with Crippen molar-refractivity contribution in [2.75, 3.05) is 19.8 Å². The largest absolute Gasteiger partial charge is 0.396 e. The van der Waals surface area contributed by atoms with Crippen molar-refractivity contribution in [3.63, 3.8) is 0 Å². The van der Waals surface area contributed by atoms with Crippen LogP contribution in [-0.4, -0.2) is 40.5 Å². The molecule has 5 heteroatoms. The predicted octanol–water partition coefficient (Wildman–Crippen LogP) is 3.17. The minimum Gasteiger partial charge on any atom is -0.396 e. The van der Waals surface area contributed by atoms with Crippen LogP contribution in [0.3, 0.4) is 0 Å². The van der Waals surface area contributed by atoms with Crippen molar-refractivity contribution in [3.8, 4) is 0 Å². The average molecular weight is 336 g/mol. The maximum absolute atomic E-state index is 12.7. The van der Waals surface area contributed by atoms with Gasteiger partial charge in [0.05, 0.1) is 17.0 Å². The second-order valence-electron chi connectivity index (χ2n) is 6.66. The summed E-state index contributed by atoms with van der Waals surface area (Å²) in [6.07, 6.45) is 6.03. The summed E-state index contributed by atoms with van der Waals surface area (Å²) in [7, 11) is 0. The number of carbonyl (C=O) groups is 1. The third-order valence-corrected chi connectivity index (χ3v) is 5.15. The average Bonchev–Trinajstić information content (AvgIpc) is 2.95. The Morgan fingerprint density at radius 1 is 1.21 bits per heavy atom. The van der Waals surface area contributed by atoms with E-state index in [1.54, 1.807) is 0 Å². The number of aromatic nitrogens is 2. The summed E-state index contributed by atoms with van der Waals surface area (Å²) in [6.45, 7) is 8.60. The van der Waals surface area contributed by atoms with Crippen molar-refractivity contribution in [2.24, 2.45) is 5.41 Å². The lowest BCUT2D eigenvalue weighted by Gasteiger charge is -2.39. The van der Waals surface area contributed by atoms with Gasteiger partial charge in [0, 0.05) is 32.8 Å². The maximum atomic E-state index is 12.7. The first-order valence-corrected chi connectivity index (χ1v) is 9.49. The molecule has 1 aliphatic carbocycles. The molecule has 0 saturated carbocycles. The number of carbonyl (C=O) groups excluding carboxylic acids is 1. The standard InChI is InChI=1S/C17H26N2O3.C2H6/c1-2-13-16-14(19(18-13)7-3-4-8-20)11-17(12-15(16)21)5-9-22-10-6-17;1-2/h20H,2-12H2,1H3;1-2H3. The molecule has 1 N–H and O–H groups in total. The topological polar surface area (TPSA) is 64.3 Å². The number of hydrogen-bond acceptors (Lipinski definition) is 4. The molecule has 0 unspecified atom stereocenters. The molecule has 1 fully saturated rings. The molecule has 1 aliphatic heterocycles. The number of aryl methyl sites for hydroxylation is 2. The molecule has 2 heterocycles. The second-order valence-corrected chi connectivity index (χ2v) is 6.66. The Bertz CT molecular complexity index is 545. The smallest absolute Gasteiger partial charge is 0.167 e. The molecule has 3 rings (SSSR count). The first-order valence-electron chi connectivity index (χ1n) is 9.49. The number of hydrogen-bond donors (Lipinski definition) is 1. The zero-order chi connectivity index (χ0) is 17.6. The SMILES string of the molecule is CC.CCc1nn(CCCCO)c2c1C(=O)CC1(CCOCC1)C2. The number of nitrogens with zero attached hydrogens (tertiary/aromatic N) is 2. The van der Waals surface area contributed by atoms with Gasteiger partial charge < -0.3 is 9.84 Å². The molecule has 1 aromatic rings. The lowest BCUT2D eigenvalue weighted by molar-refractivity contribution is 0.00827. The highest BCUT2D eigenvalue weighted by molar-refractivity contribution is 5.99. The Balaban J connectivity index is 0.00000100. The van der Waals surface area contributed by atoms with E-state index < -0.39 is 0 Å². The van der Waals surface area contributed by atoms with Crippen LogP contribution in [0.4, 0.5) is 0 Å². The number of ketones is 1. The Hall–Kier alpha value is -1.20. The Kier molecular flexibility index (Phi) is 6.99. The fourth-order valence-electron chi connectivity index (χ4n) is 3.86. The summed E-state index contributed by atoms with van der Waals surface area (Å²) >= 11 is 0. The Morgan fingerprint density at radius 3 is 2.54 bits per heavy atom. The summed E-state index contributed by atoms with van der Waals surface area (Å²) in [5, 5.41) is 13.7. The summed E-state index contributed by atoms with van der Waals surface area (Å²) < 4.78 is 7.53. The van der Waals surface area contributed by atoms with Crippen LogP contribution >= 0.6 is 0 Å². The molecule has 136 valence electrons. The molecular formula is C19H32N2O3. The molecule has 2 aliphatic rings. The van der Waals surface area contributed by atoms with Gasteiger partial charge in [0.25, 0.3) is 0 Å². The molecule has 5 nitrogen and oxygen atoms in total. The first kappa shape index (κ1) is 19.1. The van der Waals surface area contributed by atoms with Crippen LogP contribution in [0, 0.1) is 5.41 Å². The predicted molar refractivity (Wildman–Crippen MR) is 94.4 cm³/mol. The molecule has 1 spiro atoms. The Morgan fingerprint density at radius 2 is 1.92 bits per heavy atom. The van der Waals surface area contributed by atoms with E-state index in [2.05, 4.69) is 6.92 Å². The van der Waals surface area contributed by atoms with Gasteiger partial charge in [-0.1, -0.05) is 20.8 Å². The minimum atomic E-state index is 0.0854. The third kappa shape index (κ3) is 3.89. The minimum absolute atomic E-state index is 0.0854. The molecule has 0 amide bonds. The normalized spacial score (nSPS) is 18.9. The van der Waals surface area contributed by atoms with E-state index in [-0.39, 0.29) is 17.8 Å². The molecule has 0 atom stereocenters. The summed E-state index contributed by atoms with van der Waals surface area (Å²) in [5.41, 5.74) is 3.06. The van der Waals surface area contributed by atoms with Crippen LogP contribution in [-0.2, 0) is 24.1 Å². The van der Waals surface area contributed by atoms with E-state index in [9.17, 15) is 4.79 Å². The van der Waals surface area contributed by atoms with E-state index in [4.69, 9.17) is 14.9 Å². The van der Waals surface area contributed by atoms with Crippen molar-refractivity contribution < 1.29 is 14.6 Å². The second kappa shape index (κ2) is 8.77. The van der Waals surface area contributed by atoms with Crippen LogP contribution < -0.4 is 0 Å². The fourth-order valence-corrected chi connectivity index (χ4v) is 3.86.